The molecule has 11 nitrogen and oxygen atoms in total. The lowest BCUT2D eigenvalue weighted by molar-refractivity contribution is 0.669. The number of benzene rings is 14. The molecule has 482 valence electrons. The van der Waals surface area contributed by atoms with Crippen LogP contribution in [0.2, 0.25) is 0 Å². The number of nitrogens with zero attached hydrogens (tertiary/aromatic N) is 9. The largest absolute Gasteiger partial charge is 0.456 e. The van der Waals surface area contributed by atoms with Crippen molar-refractivity contribution in [2.75, 3.05) is 0 Å². The van der Waals surface area contributed by atoms with Crippen LogP contribution in [0.5, 0.6) is 0 Å². The minimum atomic E-state index is 0.583. The van der Waals surface area contributed by atoms with E-state index in [-0.39, 0.29) is 0 Å². The van der Waals surface area contributed by atoms with Gasteiger partial charge in [0.25, 0.3) is 0 Å². The molecule has 23 aromatic rings. The maximum Gasteiger partial charge on any atom is 0.237 e. The Morgan fingerprint density at radius 1 is 0.221 bits per heavy atom. The number of pyridine rings is 3. The summed E-state index contributed by atoms with van der Waals surface area (Å²) in [4.78, 5) is 36.6. The fourth-order valence-electron chi connectivity index (χ4n) is 16.2. The van der Waals surface area contributed by atoms with Crippen molar-refractivity contribution in [1.82, 2.24) is 44.0 Å². The molecular formula is C93H53N9O2. The Hall–Kier alpha value is -14.3. The summed E-state index contributed by atoms with van der Waals surface area (Å²) in [7, 11) is 0. The van der Waals surface area contributed by atoms with Crippen molar-refractivity contribution in [3.8, 4) is 56.9 Å². The first-order valence-electron chi connectivity index (χ1n) is 34.8. The molecule has 0 aliphatic carbocycles. The van der Waals surface area contributed by atoms with Gasteiger partial charge >= 0.3 is 0 Å². The predicted molar refractivity (Wildman–Crippen MR) is 425 cm³/mol. The molecule has 104 heavy (non-hydrogen) atoms. The number of aromatic nitrogens is 9. The topological polar surface area (TPSA) is 126 Å². The van der Waals surface area contributed by atoms with E-state index < -0.39 is 0 Å². The summed E-state index contributed by atoms with van der Waals surface area (Å²) < 4.78 is 16.9. The molecule has 0 amide bonds. The molecule has 9 heterocycles. The van der Waals surface area contributed by atoms with Crippen molar-refractivity contribution in [3.05, 3.63) is 322 Å². The van der Waals surface area contributed by atoms with Crippen molar-refractivity contribution >= 4 is 164 Å². The average molecular weight is 1330 g/mol. The summed E-state index contributed by atoms with van der Waals surface area (Å²) in [6.45, 7) is 0. The highest BCUT2D eigenvalue weighted by molar-refractivity contribution is 6.25. The first-order valence-corrected chi connectivity index (χ1v) is 34.8. The van der Waals surface area contributed by atoms with Gasteiger partial charge in [-0.25, -0.2) is 34.9 Å². The van der Waals surface area contributed by atoms with E-state index in [9.17, 15) is 0 Å². The highest BCUT2D eigenvalue weighted by Crippen LogP contribution is 2.46. The molecule has 0 saturated heterocycles. The molecule has 0 saturated carbocycles. The van der Waals surface area contributed by atoms with Gasteiger partial charge in [-0.2, -0.15) is 0 Å². The molecule has 0 N–H and O–H groups in total. The molecule has 0 unspecified atom stereocenters. The maximum atomic E-state index is 6.33. The standard InChI is InChI=1S/C49H28N4O.C44H25N5O/c1-2-14-29(15-3-1)46-36-22-8-11-23-41(36)51-49(52-46)53-43-24-12-9-18-32(43)40-26-39(31-17-5-7-21-35(31)48(40)53)47-34-20-6-4-16-30(34)37-28-45-38(27-42(37)50-47)33-19-10-13-25-44(33)54-45;1-2-11-26(12-3-1)41-32-16-6-8-18-36(32)47-44(48-41)49-38-21-20-27(23-34(38)31-17-10-22-45-43(31)49)42-30-15-5-4-13-28(30)33-25-40-35(24-37(33)46-42)29-14-7-9-19-39(29)50-40/h1-28H;1-25H. The minimum Gasteiger partial charge on any atom is -0.456 e. The van der Waals surface area contributed by atoms with Gasteiger partial charge in [0, 0.05) is 109 Å². The van der Waals surface area contributed by atoms with Crippen LogP contribution in [0.3, 0.4) is 0 Å². The van der Waals surface area contributed by atoms with Crippen LogP contribution < -0.4 is 0 Å². The molecule has 0 bridgehead atoms. The highest BCUT2D eigenvalue weighted by atomic mass is 16.3. The summed E-state index contributed by atoms with van der Waals surface area (Å²) >= 11 is 0. The smallest absolute Gasteiger partial charge is 0.237 e. The second-order valence-electron chi connectivity index (χ2n) is 26.6. The Morgan fingerprint density at radius 3 is 1.28 bits per heavy atom. The minimum absolute atomic E-state index is 0.583. The van der Waals surface area contributed by atoms with Crippen LogP contribution >= 0.6 is 0 Å². The number of rotatable bonds is 6. The first kappa shape index (κ1) is 57.6. The monoisotopic (exact) mass is 1330 g/mol. The number of hydrogen-bond donors (Lipinski definition) is 0. The number of furan rings is 2. The third kappa shape index (κ3) is 8.80. The van der Waals surface area contributed by atoms with Gasteiger partial charge in [-0.15, -0.1) is 0 Å². The quantitative estimate of drug-likeness (QED) is 0.150. The molecule has 0 atom stereocenters. The Balaban J connectivity index is 0.000000131. The van der Waals surface area contributed by atoms with Crippen LogP contribution in [0.1, 0.15) is 0 Å². The molecule has 0 spiro atoms. The van der Waals surface area contributed by atoms with Crippen molar-refractivity contribution in [2.45, 2.75) is 0 Å². The second kappa shape index (κ2) is 22.6. The fourth-order valence-corrected chi connectivity index (χ4v) is 16.2. The van der Waals surface area contributed by atoms with Gasteiger partial charge in [-0.1, -0.05) is 231 Å². The first-order chi connectivity index (χ1) is 51.6. The van der Waals surface area contributed by atoms with Gasteiger partial charge in [0.15, 0.2) is 0 Å². The van der Waals surface area contributed by atoms with E-state index >= 15 is 0 Å². The zero-order valence-electron chi connectivity index (χ0n) is 55.4. The van der Waals surface area contributed by atoms with Gasteiger partial charge in [-0.3, -0.25) is 9.13 Å². The third-order valence-corrected chi connectivity index (χ3v) is 20.8. The van der Waals surface area contributed by atoms with Gasteiger partial charge in [0.1, 0.15) is 28.0 Å². The van der Waals surface area contributed by atoms with Crippen LogP contribution in [0, 0.1) is 0 Å². The van der Waals surface area contributed by atoms with Crippen molar-refractivity contribution < 1.29 is 8.83 Å². The molecule has 11 heteroatoms. The third-order valence-electron chi connectivity index (χ3n) is 20.8. The van der Waals surface area contributed by atoms with Gasteiger partial charge < -0.3 is 8.83 Å². The highest BCUT2D eigenvalue weighted by Gasteiger charge is 2.25. The summed E-state index contributed by atoms with van der Waals surface area (Å²) in [5, 5.41) is 19.5. The number of para-hydroxylation sites is 5. The van der Waals surface area contributed by atoms with Gasteiger partial charge in [0.05, 0.1) is 61.4 Å². The van der Waals surface area contributed by atoms with Gasteiger partial charge in [-0.05, 0) is 101 Å². The van der Waals surface area contributed by atoms with Crippen molar-refractivity contribution in [3.63, 3.8) is 0 Å². The number of fused-ring (bicyclic) bond motifs is 22. The summed E-state index contributed by atoms with van der Waals surface area (Å²) in [6, 6.07) is 110. The van der Waals surface area contributed by atoms with Crippen LogP contribution in [-0.2, 0) is 0 Å². The van der Waals surface area contributed by atoms with Crippen LogP contribution in [0.25, 0.3) is 220 Å². The molecule has 0 radical (unpaired) electrons. The van der Waals surface area contributed by atoms with Crippen LogP contribution in [0.15, 0.2) is 330 Å². The Labute approximate surface area is 591 Å². The number of hydrogen-bond acceptors (Lipinski definition) is 9. The normalized spacial score (nSPS) is 12.0. The zero-order valence-corrected chi connectivity index (χ0v) is 55.4. The molecule has 23 rings (SSSR count). The lowest BCUT2D eigenvalue weighted by Gasteiger charge is -2.15. The van der Waals surface area contributed by atoms with Crippen LogP contribution in [-0.4, -0.2) is 44.0 Å². The molecule has 14 aromatic carbocycles. The molecule has 0 aliphatic rings. The van der Waals surface area contributed by atoms with Crippen molar-refractivity contribution in [1.29, 1.82) is 0 Å². The van der Waals surface area contributed by atoms with E-state index in [1.807, 2.05) is 91.1 Å². The summed E-state index contributed by atoms with van der Waals surface area (Å²) in [6.07, 6.45) is 1.83. The van der Waals surface area contributed by atoms with Gasteiger partial charge in [0.2, 0.25) is 11.9 Å². The molecule has 9 aromatic heterocycles. The Morgan fingerprint density at radius 2 is 0.673 bits per heavy atom. The summed E-state index contributed by atoms with van der Waals surface area (Å²) in [5.41, 5.74) is 18.9. The van der Waals surface area contributed by atoms with Crippen molar-refractivity contribution in [2.24, 2.45) is 0 Å². The van der Waals surface area contributed by atoms with E-state index in [2.05, 4.69) is 240 Å². The maximum absolute atomic E-state index is 6.33. The van der Waals surface area contributed by atoms with Crippen LogP contribution in [0.4, 0.5) is 0 Å². The molecule has 0 aliphatic heterocycles. The van der Waals surface area contributed by atoms with E-state index in [0.717, 1.165) is 209 Å². The Kier molecular flexibility index (Phi) is 12.5. The second-order valence-corrected chi connectivity index (χ2v) is 26.6. The molecular weight excluding hydrogens is 1280 g/mol. The SMILES string of the molecule is c1ccc(-c2nc(-n3c4ccc(-c5nc6cc7c(cc6c6ccccc56)oc5ccccc57)cc4c4cccnc43)nc3ccccc23)cc1.c1ccc(-c2nc(-n3c4ccccc4c4cc(-c5nc6cc7c(cc6c6ccccc56)oc5ccccc57)c5ccccc5c43)nc3ccccc23)cc1. The van der Waals surface area contributed by atoms with E-state index in [1.54, 1.807) is 0 Å². The zero-order chi connectivity index (χ0) is 68.1. The average Bonchev–Trinajstić information content (AvgIpc) is 1.51. The summed E-state index contributed by atoms with van der Waals surface area (Å²) in [5.74, 6) is 1.22. The predicted octanol–water partition coefficient (Wildman–Crippen LogP) is 23.9. The molecule has 0 fully saturated rings. The lowest BCUT2D eigenvalue weighted by Crippen LogP contribution is -2.04. The van der Waals surface area contributed by atoms with E-state index in [1.165, 1.54) is 0 Å². The lowest BCUT2D eigenvalue weighted by atomic mass is 9.94. The van der Waals surface area contributed by atoms with E-state index in [0.29, 0.717) is 11.9 Å². The van der Waals surface area contributed by atoms with E-state index in [4.69, 9.17) is 43.7 Å². The Bertz CT molecular complexity index is 7560. The fraction of sp³-hybridized carbons (Fsp3) is 0.